The summed E-state index contributed by atoms with van der Waals surface area (Å²) in [6, 6.07) is 2.74. The zero-order valence-corrected chi connectivity index (χ0v) is 20.1. The smallest absolute Gasteiger partial charge is 0.326 e. The lowest BCUT2D eigenvalue weighted by atomic mass is 10.0. The lowest BCUT2D eigenvalue weighted by Crippen LogP contribution is -2.58. The predicted molar refractivity (Wildman–Crippen MR) is 130 cm³/mol. The quantitative estimate of drug-likeness (QED) is 0.119. The Kier molecular flexibility index (Phi) is 10.9. The number of nitrogens with zero attached hydrogens (tertiary/aromatic N) is 1. The molecule has 4 atom stereocenters. The zero-order valence-electron chi connectivity index (χ0n) is 20.1. The maximum atomic E-state index is 13.3. The van der Waals surface area contributed by atoms with E-state index in [4.69, 9.17) is 16.6 Å². The standard InChI is InChI=1S/C23H29N7O8/c24-14(8-18(25)31)20(34)28-16(7-13-10-26-11-27-13)22(36)29-15(6-12-4-2-1-3-5-12)21(35)30-17(23(37)38)9-19(32)33/h1-5,10-11,14-17H,6-9,24H2,(H2,25,31)(H,26,27)(H,28,34)(H,29,36)(H,30,35)(H,32,33)(H,37,38). The second-order valence-corrected chi connectivity index (χ2v) is 8.37. The highest BCUT2D eigenvalue weighted by Crippen LogP contribution is 2.07. The van der Waals surface area contributed by atoms with Crippen molar-refractivity contribution in [1.82, 2.24) is 25.9 Å². The number of nitrogens with two attached hydrogens (primary N) is 2. The van der Waals surface area contributed by atoms with Crippen LogP contribution in [0, 0.1) is 0 Å². The first-order chi connectivity index (χ1) is 18.0. The fraction of sp³-hybridized carbons (Fsp3) is 0.348. The van der Waals surface area contributed by atoms with E-state index in [0.29, 0.717) is 11.3 Å². The molecule has 15 heteroatoms. The molecule has 38 heavy (non-hydrogen) atoms. The van der Waals surface area contributed by atoms with Crippen LogP contribution < -0.4 is 27.4 Å². The zero-order chi connectivity index (χ0) is 28.2. The fourth-order valence-electron chi connectivity index (χ4n) is 3.39. The molecule has 1 aromatic heterocycles. The van der Waals surface area contributed by atoms with Crippen LogP contribution in [0.15, 0.2) is 42.9 Å². The van der Waals surface area contributed by atoms with E-state index in [1.54, 1.807) is 30.3 Å². The van der Waals surface area contributed by atoms with Gasteiger partial charge in [0.05, 0.1) is 25.2 Å². The van der Waals surface area contributed by atoms with E-state index < -0.39 is 72.6 Å². The third-order valence-electron chi connectivity index (χ3n) is 5.28. The SMILES string of the molecule is NC(=O)CC(N)C(=O)NC(Cc1cnc[nH]1)C(=O)NC(Cc1ccccc1)C(=O)NC(CC(=O)O)C(=O)O. The number of rotatable bonds is 15. The maximum absolute atomic E-state index is 13.3. The van der Waals surface area contributed by atoms with Gasteiger partial charge in [-0.25, -0.2) is 9.78 Å². The predicted octanol–water partition coefficient (Wildman–Crippen LogP) is -2.59. The molecule has 0 aliphatic rings. The highest BCUT2D eigenvalue weighted by Gasteiger charge is 2.31. The molecule has 10 N–H and O–H groups in total. The van der Waals surface area contributed by atoms with Crippen LogP contribution in [0.3, 0.4) is 0 Å². The number of carbonyl (C=O) groups is 6. The molecule has 1 heterocycles. The second-order valence-electron chi connectivity index (χ2n) is 8.37. The Morgan fingerprint density at radius 1 is 0.842 bits per heavy atom. The van der Waals surface area contributed by atoms with E-state index in [1.807, 2.05) is 0 Å². The summed E-state index contributed by atoms with van der Waals surface area (Å²) in [6.45, 7) is 0. The molecule has 2 aromatic rings. The Bertz CT molecular complexity index is 1140. The Morgan fingerprint density at radius 3 is 1.95 bits per heavy atom. The molecule has 1 aromatic carbocycles. The molecule has 2 rings (SSSR count). The number of carboxylic acids is 2. The number of imidazole rings is 1. The number of carboxylic acid groups (broad SMARTS) is 2. The summed E-state index contributed by atoms with van der Waals surface area (Å²) in [5.41, 5.74) is 11.8. The van der Waals surface area contributed by atoms with Crippen molar-refractivity contribution in [3.8, 4) is 0 Å². The average Bonchev–Trinajstić information content (AvgIpc) is 3.35. The third kappa shape index (κ3) is 9.69. The molecule has 0 saturated heterocycles. The van der Waals surface area contributed by atoms with Crippen molar-refractivity contribution in [3.63, 3.8) is 0 Å². The van der Waals surface area contributed by atoms with Crippen LogP contribution in [0.2, 0.25) is 0 Å². The van der Waals surface area contributed by atoms with E-state index in [-0.39, 0.29) is 12.8 Å². The number of benzene rings is 1. The largest absolute Gasteiger partial charge is 0.481 e. The number of hydrogen-bond acceptors (Lipinski definition) is 8. The molecule has 0 fully saturated rings. The number of nitrogens with one attached hydrogen (secondary N) is 4. The van der Waals surface area contributed by atoms with Gasteiger partial charge in [-0.1, -0.05) is 30.3 Å². The summed E-state index contributed by atoms with van der Waals surface area (Å²) >= 11 is 0. The molecule has 0 aliphatic heterocycles. The van der Waals surface area contributed by atoms with Crippen LogP contribution in [-0.4, -0.2) is 79.9 Å². The Hall–Kier alpha value is -4.79. The number of aromatic amines is 1. The van der Waals surface area contributed by atoms with Crippen LogP contribution >= 0.6 is 0 Å². The Labute approximate surface area is 216 Å². The van der Waals surface area contributed by atoms with Crippen LogP contribution in [-0.2, 0) is 41.6 Å². The van der Waals surface area contributed by atoms with E-state index in [9.17, 15) is 33.9 Å². The number of aliphatic carboxylic acids is 2. The van der Waals surface area contributed by atoms with Gasteiger partial charge in [-0.15, -0.1) is 0 Å². The van der Waals surface area contributed by atoms with Crippen molar-refractivity contribution in [2.45, 2.75) is 49.9 Å². The van der Waals surface area contributed by atoms with Gasteiger partial charge in [-0.2, -0.15) is 0 Å². The van der Waals surface area contributed by atoms with Crippen LogP contribution in [0.4, 0.5) is 0 Å². The second kappa shape index (κ2) is 14.1. The first-order valence-corrected chi connectivity index (χ1v) is 11.4. The van der Waals surface area contributed by atoms with Crippen LogP contribution in [0.1, 0.15) is 24.1 Å². The number of hydrogen-bond donors (Lipinski definition) is 8. The Morgan fingerprint density at radius 2 is 1.42 bits per heavy atom. The van der Waals surface area contributed by atoms with Crippen molar-refractivity contribution < 1.29 is 39.0 Å². The molecule has 4 unspecified atom stereocenters. The maximum Gasteiger partial charge on any atom is 0.326 e. The van der Waals surface area contributed by atoms with Gasteiger partial charge in [-0.3, -0.25) is 24.0 Å². The highest BCUT2D eigenvalue weighted by atomic mass is 16.4. The van der Waals surface area contributed by atoms with Crippen molar-refractivity contribution in [3.05, 3.63) is 54.1 Å². The normalized spacial score (nSPS) is 13.8. The van der Waals surface area contributed by atoms with Crippen molar-refractivity contribution in [2.75, 3.05) is 0 Å². The lowest BCUT2D eigenvalue weighted by Gasteiger charge is -2.25. The minimum atomic E-state index is -1.75. The monoisotopic (exact) mass is 531 g/mol. The lowest BCUT2D eigenvalue weighted by molar-refractivity contribution is -0.147. The number of aromatic nitrogens is 2. The molecule has 4 amide bonds. The summed E-state index contributed by atoms with van der Waals surface area (Å²) in [6.07, 6.45) is 1.23. The number of H-pyrrole nitrogens is 1. The highest BCUT2D eigenvalue weighted by molar-refractivity contribution is 5.95. The first-order valence-electron chi connectivity index (χ1n) is 11.4. The molecule has 0 radical (unpaired) electrons. The van der Waals surface area contributed by atoms with Gasteiger partial charge >= 0.3 is 11.9 Å². The van der Waals surface area contributed by atoms with Gasteiger partial charge in [0, 0.05) is 24.7 Å². The summed E-state index contributed by atoms with van der Waals surface area (Å²) in [5.74, 6) is -6.47. The summed E-state index contributed by atoms with van der Waals surface area (Å²) in [4.78, 5) is 79.0. The molecule has 15 nitrogen and oxygen atoms in total. The minimum Gasteiger partial charge on any atom is -0.481 e. The van der Waals surface area contributed by atoms with Crippen LogP contribution in [0.5, 0.6) is 0 Å². The number of primary amides is 1. The summed E-state index contributed by atoms with van der Waals surface area (Å²) in [5, 5.41) is 25.3. The molecular weight excluding hydrogens is 502 g/mol. The van der Waals surface area contributed by atoms with Gasteiger partial charge in [0.2, 0.25) is 23.6 Å². The molecular formula is C23H29N7O8. The average molecular weight is 532 g/mol. The molecule has 0 bridgehead atoms. The van der Waals surface area contributed by atoms with Crippen molar-refractivity contribution >= 4 is 35.6 Å². The van der Waals surface area contributed by atoms with Gasteiger partial charge in [0.25, 0.3) is 0 Å². The van der Waals surface area contributed by atoms with Crippen molar-refractivity contribution in [1.29, 1.82) is 0 Å². The van der Waals surface area contributed by atoms with Crippen LogP contribution in [0.25, 0.3) is 0 Å². The Balaban J connectivity index is 2.28. The molecule has 204 valence electrons. The van der Waals surface area contributed by atoms with Gasteiger partial charge < -0.3 is 42.6 Å². The first kappa shape index (κ1) is 29.4. The van der Waals surface area contributed by atoms with Gasteiger partial charge in [-0.05, 0) is 5.56 Å². The van der Waals surface area contributed by atoms with Crippen molar-refractivity contribution in [2.24, 2.45) is 11.5 Å². The minimum absolute atomic E-state index is 0.0796. The fourth-order valence-corrected chi connectivity index (χ4v) is 3.39. The van der Waals surface area contributed by atoms with E-state index in [0.717, 1.165) is 0 Å². The van der Waals surface area contributed by atoms with E-state index in [2.05, 4.69) is 25.9 Å². The van der Waals surface area contributed by atoms with Gasteiger partial charge in [0.15, 0.2) is 0 Å². The topological polar surface area (TPSA) is 260 Å². The summed E-state index contributed by atoms with van der Waals surface area (Å²) in [7, 11) is 0. The number of amides is 4. The third-order valence-corrected chi connectivity index (χ3v) is 5.28. The van der Waals surface area contributed by atoms with Gasteiger partial charge in [0.1, 0.15) is 18.1 Å². The van der Waals surface area contributed by atoms with E-state index in [1.165, 1.54) is 12.5 Å². The molecule has 0 saturated carbocycles. The number of carbonyl (C=O) groups excluding carboxylic acids is 4. The van der Waals surface area contributed by atoms with E-state index >= 15 is 0 Å². The molecule has 0 spiro atoms. The molecule has 0 aliphatic carbocycles. The summed E-state index contributed by atoms with van der Waals surface area (Å²) < 4.78 is 0.